The van der Waals surface area contributed by atoms with Gasteiger partial charge in [0.25, 0.3) is 0 Å². The number of hydrogen-bond acceptors (Lipinski definition) is 4. The van der Waals surface area contributed by atoms with Crippen molar-refractivity contribution >= 4 is 0 Å². The Morgan fingerprint density at radius 1 is 0.296 bits per heavy atom. The first kappa shape index (κ1) is 46.5. The van der Waals surface area contributed by atoms with Crippen LogP contribution < -0.4 is 0 Å². The minimum absolute atomic E-state index is 0. The van der Waals surface area contributed by atoms with Crippen molar-refractivity contribution in [2.24, 2.45) is 0 Å². The van der Waals surface area contributed by atoms with Crippen LogP contribution in [0, 0.1) is 12.1 Å². The number of hydrogen-bond donors (Lipinski definition) is 0. The van der Waals surface area contributed by atoms with Crippen molar-refractivity contribution in [2.75, 3.05) is 0 Å². The number of nitrogens with zero attached hydrogens (tertiary/aromatic N) is 4. The number of pyridine rings is 4. The average Bonchev–Trinajstić information content (AvgIpc) is 3.45. The molecule has 7 aromatic carbocycles. The zero-order valence-corrected chi connectivity index (χ0v) is 41.4. The first-order chi connectivity index (χ1) is 34.7. The zero-order chi connectivity index (χ0) is 46.9. The van der Waals surface area contributed by atoms with Crippen LogP contribution in [0.25, 0.3) is 89.7 Å². The second-order valence-corrected chi connectivity index (χ2v) is 17.6. The molecule has 0 saturated heterocycles. The van der Waals surface area contributed by atoms with Crippen LogP contribution >= 0.6 is 0 Å². The largest absolute Gasteiger partial charge is 0.305 e. The van der Waals surface area contributed by atoms with E-state index in [-0.39, 0.29) is 20.1 Å². The molecule has 0 N–H and O–H groups in total. The molecule has 5 heteroatoms. The molecule has 4 nitrogen and oxygen atoms in total. The second-order valence-electron chi connectivity index (χ2n) is 17.6. The molecule has 0 fully saturated rings. The maximum atomic E-state index is 5.16. The van der Waals surface area contributed by atoms with Crippen LogP contribution in [0.5, 0.6) is 0 Å². The third kappa shape index (κ3) is 11.0. The molecule has 11 aromatic rings. The summed E-state index contributed by atoms with van der Waals surface area (Å²) in [5.74, 6) is 0. The van der Waals surface area contributed by atoms with Crippen LogP contribution in [0.1, 0.15) is 22.3 Å². The van der Waals surface area contributed by atoms with E-state index < -0.39 is 0 Å². The van der Waals surface area contributed by atoms with Crippen molar-refractivity contribution in [1.29, 1.82) is 0 Å². The number of benzene rings is 7. The molecule has 4 heterocycles. The van der Waals surface area contributed by atoms with Crippen molar-refractivity contribution in [3.63, 3.8) is 0 Å². The third-order valence-electron chi connectivity index (χ3n) is 12.9. The molecule has 0 amide bonds. The summed E-state index contributed by atoms with van der Waals surface area (Å²) in [6, 6.07) is 86.4. The minimum atomic E-state index is 0. The molecule has 0 saturated carbocycles. The van der Waals surface area contributed by atoms with Crippen LogP contribution in [0.3, 0.4) is 0 Å². The van der Waals surface area contributed by atoms with Crippen molar-refractivity contribution in [3.8, 4) is 89.7 Å². The third-order valence-corrected chi connectivity index (χ3v) is 12.9. The SMILES string of the molecule is [Ir].[c-]1cc(CCc2cc(CCc3ccc(-c4ccccn4)nc3)cc(-c3ccccc3-c3c[c-]c(-c4cccc(-c5ccccc5)n4)cc3-c3ccc(-c4ccccc4)cc3)c2)ccc1-c1ccccn1. The Hall–Kier alpha value is -8.21. The van der Waals surface area contributed by atoms with Gasteiger partial charge in [0.2, 0.25) is 0 Å². The van der Waals surface area contributed by atoms with Crippen molar-refractivity contribution in [2.45, 2.75) is 25.7 Å². The van der Waals surface area contributed by atoms with Gasteiger partial charge in [-0.15, -0.1) is 59.2 Å². The Kier molecular flexibility index (Phi) is 14.4. The Labute approximate surface area is 430 Å². The number of aromatic nitrogens is 4. The van der Waals surface area contributed by atoms with Crippen LogP contribution in [-0.2, 0) is 45.8 Å². The monoisotopic (exact) mass is 1090 g/mol. The van der Waals surface area contributed by atoms with Gasteiger partial charge in [-0.1, -0.05) is 187 Å². The van der Waals surface area contributed by atoms with E-state index in [4.69, 9.17) is 9.97 Å². The predicted molar refractivity (Wildman–Crippen MR) is 286 cm³/mol. The molecule has 71 heavy (non-hydrogen) atoms. The standard InChI is InChI=1S/C66H48N4.Ir/c1-3-14-51(15-4-1)52-33-35-53(36-34-52)61-45-56(64-23-13-22-63(70-64)54-16-5-2-6-17-54)37-38-60(61)59-19-8-7-18-58(59)57-43-49(26-24-47-28-31-55(32-29-47)62-20-9-11-40-67-62)42-50(44-57)27-25-48-30-39-66(69-46-48)65-21-10-12-41-68-65;/h1-23,28-31,33-36,38-46H,24-27H2;/q-2;. The molecule has 0 spiro atoms. The summed E-state index contributed by atoms with van der Waals surface area (Å²) in [6.45, 7) is 0. The normalized spacial score (nSPS) is 10.9. The van der Waals surface area contributed by atoms with Gasteiger partial charge in [0, 0.05) is 38.7 Å². The summed E-state index contributed by atoms with van der Waals surface area (Å²) in [7, 11) is 0. The van der Waals surface area contributed by atoms with E-state index in [9.17, 15) is 0 Å². The van der Waals surface area contributed by atoms with Gasteiger partial charge < -0.3 is 4.98 Å². The fourth-order valence-corrected chi connectivity index (χ4v) is 9.21. The van der Waals surface area contributed by atoms with E-state index >= 15 is 0 Å². The molecule has 4 aromatic heterocycles. The molecule has 0 unspecified atom stereocenters. The van der Waals surface area contributed by atoms with Gasteiger partial charge in [0.15, 0.2) is 0 Å². The zero-order valence-electron chi connectivity index (χ0n) is 39.0. The number of aryl methyl sites for hydroxylation is 4. The van der Waals surface area contributed by atoms with Gasteiger partial charge >= 0.3 is 0 Å². The Balaban J connectivity index is 0.00000582. The fourth-order valence-electron chi connectivity index (χ4n) is 9.21. The molecule has 0 aliphatic carbocycles. The van der Waals surface area contributed by atoms with Crippen molar-refractivity contribution < 1.29 is 20.1 Å². The molecule has 11 rings (SSSR count). The van der Waals surface area contributed by atoms with Crippen LogP contribution in [0.15, 0.2) is 243 Å². The fraction of sp³-hybridized carbons (Fsp3) is 0.0606. The first-order valence-corrected chi connectivity index (χ1v) is 23.9. The summed E-state index contributed by atoms with van der Waals surface area (Å²) in [6.07, 6.45) is 9.15. The molecular formula is C66H48IrN4-2. The smallest absolute Gasteiger partial charge is 0.0886 e. The van der Waals surface area contributed by atoms with Gasteiger partial charge in [-0.25, -0.2) is 0 Å². The van der Waals surface area contributed by atoms with Crippen LogP contribution in [-0.4, -0.2) is 19.9 Å². The van der Waals surface area contributed by atoms with E-state index in [1.54, 1.807) is 0 Å². The Morgan fingerprint density at radius 2 is 0.859 bits per heavy atom. The van der Waals surface area contributed by atoms with Gasteiger partial charge in [0.05, 0.1) is 17.1 Å². The molecule has 1 radical (unpaired) electrons. The second kappa shape index (κ2) is 22.0. The molecule has 343 valence electrons. The van der Waals surface area contributed by atoms with E-state index in [1.807, 2.05) is 61.1 Å². The van der Waals surface area contributed by atoms with Crippen molar-refractivity contribution in [1.82, 2.24) is 19.9 Å². The number of rotatable bonds is 14. The van der Waals surface area contributed by atoms with Crippen LogP contribution in [0.4, 0.5) is 0 Å². The van der Waals surface area contributed by atoms with E-state index in [2.05, 4.69) is 204 Å². The summed E-state index contributed by atoms with van der Waals surface area (Å²) in [5.41, 5.74) is 21.8. The summed E-state index contributed by atoms with van der Waals surface area (Å²) < 4.78 is 0. The molecule has 0 bridgehead atoms. The van der Waals surface area contributed by atoms with Gasteiger partial charge in [-0.3, -0.25) is 15.0 Å². The van der Waals surface area contributed by atoms with Crippen LogP contribution in [0.2, 0.25) is 0 Å². The summed E-state index contributed by atoms with van der Waals surface area (Å²) >= 11 is 0. The topological polar surface area (TPSA) is 51.6 Å². The Bertz CT molecular complexity index is 3390. The van der Waals surface area contributed by atoms with E-state index in [0.29, 0.717) is 0 Å². The quantitative estimate of drug-likeness (QED) is 0.102. The maximum Gasteiger partial charge on any atom is 0.0886 e. The maximum absolute atomic E-state index is 5.16. The van der Waals surface area contributed by atoms with Gasteiger partial charge in [-0.05, 0) is 111 Å². The molecule has 0 atom stereocenters. The van der Waals surface area contributed by atoms with Gasteiger partial charge in [-0.2, -0.15) is 0 Å². The summed E-state index contributed by atoms with van der Waals surface area (Å²) in [5, 5.41) is 0. The minimum Gasteiger partial charge on any atom is -0.305 e. The summed E-state index contributed by atoms with van der Waals surface area (Å²) in [4.78, 5) is 19.0. The van der Waals surface area contributed by atoms with E-state index in [0.717, 1.165) is 93.1 Å². The Morgan fingerprint density at radius 3 is 1.54 bits per heavy atom. The average molecular weight is 1090 g/mol. The van der Waals surface area contributed by atoms with Gasteiger partial charge in [0.1, 0.15) is 0 Å². The van der Waals surface area contributed by atoms with Crippen molar-refractivity contribution in [3.05, 3.63) is 277 Å². The predicted octanol–water partition coefficient (Wildman–Crippen LogP) is 15.8. The molecule has 0 aliphatic rings. The molecule has 0 aliphatic heterocycles. The first-order valence-electron chi connectivity index (χ1n) is 23.9. The molecular weight excluding hydrogens is 1040 g/mol. The van der Waals surface area contributed by atoms with E-state index in [1.165, 1.54) is 44.5 Å².